The van der Waals surface area contributed by atoms with Crippen LogP contribution in [-0.2, 0) is 0 Å². The normalized spacial score (nSPS) is 39.8. The van der Waals surface area contributed by atoms with Gasteiger partial charge in [0.25, 0.3) is 0 Å². The summed E-state index contributed by atoms with van der Waals surface area (Å²) < 4.78 is 34.9. The van der Waals surface area contributed by atoms with Gasteiger partial charge in [0.1, 0.15) is 0 Å². The molecule has 1 aromatic carbocycles. The Kier molecular flexibility index (Phi) is 3.30. The lowest BCUT2D eigenvalue weighted by Gasteiger charge is -2.42. The van der Waals surface area contributed by atoms with E-state index in [4.69, 9.17) is 10.7 Å². The quantitative estimate of drug-likeness (QED) is 0.703. The van der Waals surface area contributed by atoms with Crippen LogP contribution in [0.1, 0.15) is 80.7 Å². The van der Waals surface area contributed by atoms with Gasteiger partial charge in [-0.2, -0.15) is 5.26 Å². The van der Waals surface area contributed by atoms with Crippen molar-refractivity contribution in [3.8, 4) is 6.07 Å². The van der Waals surface area contributed by atoms with Crippen molar-refractivity contribution in [2.45, 2.75) is 64.1 Å². The highest BCUT2D eigenvalue weighted by molar-refractivity contribution is 5.33. The molecular weight excluding hydrogens is 254 g/mol. The van der Waals surface area contributed by atoms with Crippen LogP contribution in [-0.4, -0.2) is 0 Å². The molecule has 0 bridgehead atoms. The van der Waals surface area contributed by atoms with Gasteiger partial charge in [-0.05, 0) is 73.4 Å². The fourth-order valence-corrected chi connectivity index (χ4v) is 3.98. The van der Waals surface area contributed by atoms with E-state index in [1.54, 1.807) is 24.3 Å². The zero-order chi connectivity index (χ0) is 18.2. The summed E-state index contributed by atoms with van der Waals surface area (Å²) in [5.41, 5.74) is 1.21. The van der Waals surface area contributed by atoms with Crippen LogP contribution in [0.25, 0.3) is 0 Å². The predicted molar refractivity (Wildman–Crippen MR) is 87.0 cm³/mol. The average Bonchev–Trinajstić information content (AvgIpc) is 2.54. The van der Waals surface area contributed by atoms with Crippen LogP contribution in [0.4, 0.5) is 0 Å². The third kappa shape index (κ3) is 3.31. The lowest BCUT2D eigenvalue weighted by atomic mass is 9.63. The summed E-state index contributed by atoms with van der Waals surface area (Å²) in [5.74, 6) is -0.0592. The topological polar surface area (TPSA) is 23.8 Å². The smallest absolute Gasteiger partial charge is 0.0991 e. The van der Waals surface area contributed by atoms with Gasteiger partial charge in [-0.3, -0.25) is 0 Å². The SMILES string of the molecule is [2H]C1([2H])CC2CC(CCC)CCC2C([2H])([2H])C1c1ccc(C#N)cc1. The lowest BCUT2D eigenvalue weighted by molar-refractivity contribution is 0.114. The molecule has 0 aromatic heterocycles. The van der Waals surface area contributed by atoms with Gasteiger partial charge in [0.15, 0.2) is 0 Å². The average molecular weight is 285 g/mol. The van der Waals surface area contributed by atoms with Gasteiger partial charge in [-0.25, -0.2) is 0 Å². The molecule has 1 aromatic rings. The maximum absolute atomic E-state index is 8.97. The number of rotatable bonds is 3. The molecule has 3 rings (SSSR count). The van der Waals surface area contributed by atoms with Gasteiger partial charge in [0.2, 0.25) is 0 Å². The summed E-state index contributed by atoms with van der Waals surface area (Å²) in [5, 5.41) is 8.97. The summed E-state index contributed by atoms with van der Waals surface area (Å²) >= 11 is 0. The first-order chi connectivity index (χ1) is 11.8. The molecule has 0 radical (unpaired) electrons. The second-order valence-corrected chi connectivity index (χ2v) is 6.58. The number of benzene rings is 1. The third-order valence-electron chi connectivity index (χ3n) is 5.13. The second kappa shape index (κ2) is 6.65. The molecule has 2 aliphatic rings. The van der Waals surface area contributed by atoms with Crippen molar-refractivity contribution in [3.05, 3.63) is 35.4 Å². The molecule has 112 valence electrons. The molecule has 0 amide bonds. The van der Waals surface area contributed by atoms with Crippen LogP contribution >= 0.6 is 0 Å². The maximum atomic E-state index is 8.97. The molecule has 2 saturated carbocycles. The number of nitrogens with zero attached hydrogens (tertiary/aromatic N) is 1. The standard InChI is InChI=1S/C20H27N/c1-2-3-15-4-9-20-13-19(11-10-18(20)12-15)17-7-5-16(14-21)6-8-17/h5-8,15,18-20H,2-4,9-13H2,1H3/i11D2,13D2. The Balaban J connectivity index is 1.91. The van der Waals surface area contributed by atoms with Crippen molar-refractivity contribution in [3.63, 3.8) is 0 Å². The first kappa shape index (κ1) is 10.4. The Morgan fingerprint density at radius 3 is 2.71 bits per heavy atom. The van der Waals surface area contributed by atoms with E-state index < -0.39 is 18.7 Å². The van der Waals surface area contributed by atoms with Crippen LogP contribution in [0.3, 0.4) is 0 Å². The summed E-state index contributed by atoms with van der Waals surface area (Å²) in [6, 6.07) is 8.89. The number of hydrogen-bond acceptors (Lipinski definition) is 1. The van der Waals surface area contributed by atoms with Gasteiger partial charge in [0, 0.05) is 5.48 Å². The zero-order valence-corrected chi connectivity index (χ0v) is 12.8. The number of nitriles is 1. The zero-order valence-electron chi connectivity index (χ0n) is 16.8. The minimum atomic E-state index is -1.56. The van der Waals surface area contributed by atoms with Crippen LogP contribution in [0, 0.1) is 29.1 Å². The molecule has 2 aliphatic carbocycles. The molecule has 4 unspecified atom stereocenters. The van der Waals surface area contributed by atoms with Gasteiger partial charge >= 0.3 is 0 Å². The van der Waals surface area contributed by atoms with E-state index in [2.05, 4.69) is 13.0 Å². The molecule has 4 atom stereocenters. The molecule has 0 aliphatic heterocycles. The number of fused-ring (bicyclic) bond motifs is 1. The molecule has 0 saturated heterocycles. The van der Waals surface area contributed by atoms with Crippen molar-refractivity contribution in [1.82, 2.24) is 0 Å². The van der Waals surface area contributed by atoms with Crippen molar-refractivity contribution in [2.24, 2.45) is 17.8 Å². The van der Waals surface area contributed by atoms with Gasteiger partial charge < -0.3 is 0 Å². The fraction of sp³-hybridized carbons (Fsp3) is 0.650. The molecular formula is C20H27N. The summed E-state index contributed by atoms with van der Waals surface area (Å²) in [7, 11) is 0. The number of hydrogen-bond donors (Lipinski definition) is 0. The molecule has 1 heteroatoms. The minimum Gasteiger partial charge on any atom is -0.192 e. The van der Waals surface area contributed by atoms with Crippen molar-refractivity contribution in [2.75, 3.05) is 0 Å². The molecule has 0 heterocycles. The van der Waals surface area contributed by atoms with E-state index >= 15 is 0 Å². The van der Waals surface area contributed by atoms with Crippen LogP contribution < -0.4 is 0 Å². The van der Waals surface area contributed by atoms with Gasteiger partial charge in [0.05, 0.1) is 11.6 Å². The predicted octanol–water partition coefficient (Wildman–Crippen LogP) is 5.66. The summed E-state index contributed by atoms with van der Waals surface area (Å²) in [6.07, 6.45) is 2.55. The Labute approximate surface area is 135 Å². The molecule has 0 N–H and O–H groups in total. The highest BCUT2D eigenvalue weighted by Crippen LogP contribution is 2.48. The van der Waals surface area contributed by atoms with Crippen molar-refractivity contribution in [1.29, 1.82) is 5.26 Å². The van der Waals surface area contributed by atoms with E-state index in [1.807, 2.05) is 0 Å². The Morgan fingerprint density at radius 1 is 1.19 bits per heavy atom. The molecule has 0 spiro atoms. The Hall–Kier alpha value is -1.29. The highest BCUT2D eigenvalue weighted by atomic mass is 14.4. The van der Waals surface area contributed by atoms with Crippen molar-refractivity contribution >= 4 is 0 Å². The van der Waals surface area contributed by atoms with E-state index in [1.165, 1.54) is 6.42 Å². The summed E-state index contributed by atoms with van der Waals surface area (Å²) in [6.45, 7) is 2.19. The molecule has 21 heavy (non-hydrogen) atoms. The highest BCUT2D eigenvalue weighted by Gasteiger charge is 2.35. The lowest BCUT2D eigenvalue weighted by Crippen LogP contribution is -2.30. The molecule has 2 fully saturated rings. The maximum Gasteiger partial charge on any atom is 0.0991 e. The van der Waals surface area contributed by atoms with E-state index in [-0.39, 0.29) is 11.8 Å². The first-order valence-electron chi connectivity index (χ1n) is 10.3. The Morgan fingerprint density at radius 2 is 2.00 bits per heavy atom. The Bertz CT molecular complexity index is 647. The van der Waals surface area contributed by atoms with E-state index in [9.17, 15) is 0 Å². The van der Waals surface area contributed by atoms with Crippen LogP contribution in [0.2, 0.25) is 0 Å². The monoisotopic (exact) mass is 285 g/mol. The second-order valence-electron chi connectivity index (χ2n) is 6.58. The van der Waals surface area contributed by atoms with Crippen LogP contribution in [0.15, 0.2) is 24.3 Å². The van der Waals surface area contributed by atoms with Crippen LogP contribution in [0.5, 0.6) is 0 Å². The molecule has 1 nitrogen and oxygen atoms in total. The summed E-state index contributed by atoms with van der Waals surface area (Å²) in [4.78, 5) is 0. The van der Waals surface area contributed by atoms with Crippen molar-refractivity contribution < 1.29 is 5.48 Å². The first-order valence-corrected chi connectivity index (χ1v) is 8.29. The third-order valence-corrected chi connectivity index (χ3v) is 5.13. The van der Waals surface area contributed by atoms with E-state index in [0.717, 1.165) is 25.7 Å². The van der Waals surface area contributed by atoms with Gasteiger partial charge in [-0.1, -0.05) is 38.3 Å². The minimum absolute atomic E-state index is 0.0647. The fourth-order valence-electron chi connectivity index (χ4n) is 3.98. The largest absolute Gasteiger partial charge is 0.192 e. The van der Waals surface area contributed by atoms with Gasteiger partial charge in [-0.15, -0.1) is 0 Å². The van der Waals surface area contributed by atoms with E-state index in [0.29, 0.717) is 23.5 Å².